The second-order valence-electron chi connectivity index (χ2n) is 10.4. The van der Waals surface area contributed by atoms with Crippen LogP contribution in [0.2, 0.25) is 0 Å². The maximum Gasteiger partial charge on any atom is 0.416 e. The molecule has 1 saturated carbocycles. The first kappa shape index (κ1) is 30.1. The third-order valence-electron chi connectivity index (χ3n) is 7.11. The number of alkyl halides is 4. The van der Waals surface area contributed by atoms with E-state index in [1.54, 1.807) is 29.2 Å². The first-order chi connectivity index (χ1) is 20.6. The Morgan fingerprint density at radius 2 is 1.58 bits per heavy atom. The monoisotopic (exact) mass is 603 g/mol. The van der Waals surface area contributed by atoms with Gasteiger partial charge in [0, 0.05) is 73.5 Å². The Hall–Kier alpha value is -4.39. The van der Waals surface area contributed by atoms with Crippen molar-refractivity contribution in [2.75, 3.05) is 60.2 Å². The lowest BCUT2D eigenvalue weighted by Gasteiger charge is -2.36. The highest BCUT2D eigenvalue weighted by Crippen LogP contribution is 2.35. The summed E-state index contributed by atoms with van der Waals surface area (Å²) >= 11 is 0. The third kappa shape index (κ3) is 8.13. The number of amides is 3. The molecule has 0 unspecified atom stereocenters. The van der Waals surface area contributed by atoms with Gasteiger partial charge in [0.1, 0.15) is 12.4 Å². The molecule has 1 aliphatic carbocycles. The van der Waals surface area contributed by atoms with E-state index in [1.807, 2.05) is 4.90 Å². The van der Waals surface area contributed by atoms with Crippen molar-refractivity contribution in [2.24, 2.45) is 5.92 Å². The van der Waals surface area contributed by atoms with Gasteiger partial charge in [-0.05, 0) is 55.3 Å². The molecule has 2 fully saturated rings. The molecule has 1 aliphatic heterocycles. The van der Waals surface area contributed by atoms with E-state index in [2.05, 4.69) is 16.0 Å². The van der Waals surface area contributed by atoms with Gasteiger partial charge in [0.15, 0.2) is 11.6 Å². The van der Waals surface area contributed by atoms with Crippen LogP contribution in [0.1, 0.15) is 18.4 Å². The molecule has 1 saturated heterocycles. The maximum atomic E-state index is 14.8. The topological polar surface area (TPSA) is 85.9 Å². The lowest BCUT2D eigenvalue weighted by Crippen LogP contribution is -2.47. The first-order valence-electron chi connectivity index (χ1n) is 13.8. The van der Waals surface area contributed by atoms with E-state index in [9.17, 15) is 31.5 Å². The van der Waals surface area contributed by atoms with Gasteiger partial charge in [-0.3, -0.25) is 9.69 Å². The van der Waals surface area contributed by atoms with Crippen molar-refractivity contribution >= 4 is 34.7 Å². The van der Waals surface area contributed by atoms with Gasteiger partial charge in [-0.2, -0.15) is 13.2 Å². The Balaban J connectivity index is 1.23. The SMILES string of the molecule is O=C(Nc1cc(N2CCN(CCF)CC2)cc(C(F)(F)F)c1)Nc1ccc(Oc2cccc(NC(=O)C3CC3)c2)c(F)c1. The quantitative estimate of drug-likeness (QED) is 0.237. The smallest absolute Gasteiger partial charge is 0.416 e. The number of benzene rings is 3. The molecule has 2 aliphatic rings. The number of hydrogen-bond donors (Lipinski definition) is 3. The number of hydrogen-bond acceptors (Lipinski definition) is 5. The summed E-state index contributed by atoms with van der Waals surface area (Å²) in [5.41, 5.74) is -0.197. The molecule has 3 aromatic rings. The second-order valence-corrected chi connectivity index (χ2v) is 10.4. The third-order valence-corrected chi connectivity index (χ3v) is 7.11. The number of ether oxygens (including phenoxy) is 1. The van der Waals surface area contributed by atoms with Gasteiger partial charge in [-0.1, -0.05) is 6.07 Å². The number of urea groups is 1. The highest BCUT2D eigenvalue weighted by atomic mass is 19.4. The highest BCUT2D eigenvalue weighted by molar-refractivity contribution is 6.00. The van der Waals surface area contributed by atoms with Gasteiger partial charge >= 0.3 is 12.2 Å². The molecule has 0 bridgehead atoms. The molecule has 0 aromatic heterocycles. The summed E-state index contributed by atoms with van der Waals surface area (Å²) in [7, 11) is 0. The molecule has 1 heterocycles. The average molecular weight is 604 g/mol. The van der Waals surface area contributed by atoms with Gasteiger partial charge in [0.25, 0.3) is 0 Å². The van der Waals surface area contributed by atoms with E-state index in [1.165, 1.54) is 18.2 Å². The van der Waals surface area contributed by atoms with Crippen molar-refractivity contribution < 1.29 is 36.3 Å². The molecule has 0 spiro atoms. The average Bonchev–Trinajstić information content (AvgIpc) is 3.81. The van der Waals surface area contributed by atoms with Crippen molar-refractivity contribution in [3.63, 3.8) is 0 Å². The minimum atomic E-state index is -4.65. The fourth-order valence-electron chi connectivity index (χ4n) is 4.69. The summed E-state index contributed by atoms with van der Waals surface area (Å²) in [6, 6.07) is 12.6. The predicted molar refractivity (Wildman–Crippen MR) is 153 cm³/mol. The Morgan fingerprint density at radius 1 is 0.860 bits per heavy atom. The lowest BCUT2D eigenvalue weighted by molar-refractivity contribution is -0.137. The van der Waals surface area contributed by atoms with Crippen molar-refractivity contribution in [3.05, 3.63) is 72.0 Å². The molecule has 3 aromatic carbocycles. The molecule has 0 atom stereocenters. The van der Waals surface area contributed by atoms with Crippen molar-refractivity contribution in [1.29, 1.82) is 0 Å². The van der Waals surface area contributed by atoms with E-state index >= 15 is 0 Å². The van der Waals surface area contributed by atoms with Crippen LogP contribution >= 0.6 is 0 Å². The molecule has 13 heteroatoms. The van der Waals surface area contributed by atoms with Crippen LogP contribution in [0.3, 0.4) is 0 Å². The predicted octanol–water partition coefficient (Wildman–Crippen LogP) is 6.72. The molecule has 0 radical (unpaired) electrons. The van der Waals surface area contributed by atoms with Crippen LogP contribution in [0.15, 0.2) is 60.7 Å². The zero-order chi connectivity index (χ0) is 30.6. The number of rotatable bonds is 9. The fourth-order valence-corrected chi connectivity index (χ4v) is 4.69. The zero-order valence-corrected chi connectivity index (χ0v) is 23.0. The molecular formula is C30H30F5N5O3. The normalized spacial score (nSPS) is 15.6. The molecule has 5 rings (SSSR count). The Kier molecular flexibility index (Phi) is 9.00. The number of piperazine rings is 1. The van der Waals surface area contributed by atoms with Gasteiger partial charge in [-0.15, -0.1) is 0 Å². The first-order valence-corrected chi connectivity index (χ1v) is 13.8. The molecule has 43 heavy (non-hydrogen) atoms. The number of nitrogens with one attached hydrogen (secondary N) is 3. The van der Waals surface area contributed by atoms with Gasteiger partial charge < -0.3 is 25.6 Å². The number of anilines is 4. The summed E-state index contributed by atoms with van der Waals surface area (Å²) in [6.07, 6.45) is -2.94. The summed E-state index contributed by atoms with van der Waals surface area (Å²) in [4.78, 5) is 28.3. The number of halogens is 5. The summed E-state index contributed by atoms with van der Waals surface area (Å²) in [6.45, 7) is 1.57. The highest BCUT2D eigenvalue weighted by Gasteiger charge is 2.32. The largest absolute Gasteiger partial charge is 0.454 e. The Morgan fingerprint density at radius 3 is 2.26 bits per heavy atom. The fraction of sp³-hybridized carbons (Fsp3) is 0.333. The molecular weight excluding hydrogens is 573 g/mol. The Labute approximate surface area is 244 Å². The van der Waals surface area contributed by atoms with Crippen LogP contribution < -0.4 is 25.6 Å². The van der Waals surface area contributed by atoms with Crippen molar-refractivity contribution in [3.8, 4) is 11.5 Å². The van der Waals surface area contributed by atoms with Crippen LogP contribution in [-0.2, 0) is 11.0 Å². The molecule has 8 nitrogen and oxygen atoms in total. The van der Waals surface area contributed by atoms with Gasteiger partial charge in [0.2, 0.25) is 5.91 Å². The summed E-state index contributed by atoms with van der Waals surface area (Å²) in [5.74, 6) is -0.698. The van der Waals surface area contributed by atoms with Gasteiger partial charge in [-0.25, -0.2) is 13.6 Å². The van der Waals surface area contributed by atoms with Crippen molar-refractivity contribution in [2.45, 2.75) is 19.0 Å². The standard InChI is InChI=1S/C30H30F5N5O3/c31-8-9-39-10-12-40(13-11-39)24-15-20(30(33,34)35)14-23(16-24)38-29(42)37-22-6-7-27(26(32)18-22)43-25-3-1-2-21(17-25)36-28(41)19-4-5-19/h1-3,6-7,14-19H,4-5,8-13H2,(H,36,41)(H2,37,38,42). The van der Waals surface area contributed by atoms with Crippen LogP contribution in [0.4, 0.5) is 49.5 Å². The van der Waals surface area contributed by atoms with Crippen LogP contribution in [0.5, 0.6) is 11.5 Å². The molecule has 228 valence electrons. The van der Waals surface area contributed by atoms with Gasteiger partial charge in [0.05, 0.1) is 5.56 Å². The van der Waals surface area contributed by atoms with Crippen molar-refractivity contribution in [1.82, 2.24) is 4.90 Å². The lowest BCUT2D eigenvalue weighted by atomic mass is 10.1. The summed E-state index contributed by atoms with van der Waals surface area (Å²) in [5, 5.41) is 7.60. The van der Waals surface area contributed by atoms with E-state index in [-0.39, 0.29) is 46.9 Å². The molecule has 3 amide bonds. The number of nitrogens with zero attached hydrogens (tertiary/aromatic N) is 2. The van der Waals surface area contributed by atoms with Crippen LogP contribution in [-0.4, -0.2) is 56.2 Å². The number of carbonyl (C=O) groups excluding carboxylic acids is 2. The maximum absolute atomic E-state index is 14.8. The minimum absolute atomic E-state index is 0.0186. The van der Waals surface area contributed by atoms with E-state index in [4.69, 9.17) is 4.74 Å². The second kappa shape index (κ2) is 12.9. The van der Waals surface area contributed by atoms with Crippen LogP contribution in [0.25, 0.3) is 0 Å². The summed E-state index contributed by atoms with van der Waals surface area (Å²) < 4.78 is 74.0. The molecule has 3 N–H and O–H groups in total. The van der Waals surface area contributed by atoms with E-state index in [0.29, 0.717) is 31.9 Å². The van der Waals surface area contributed by atoms with E-state index < -0.39 is 30.3 Å². The zero-order valence-electron chi connectivity index (χ0n) is 23.0. The number of carbonyl (C=O) groups is 2. The van der Waals surface area contributed by atoms with Crippen LogP contribution in [0, 0.1) is 11.7 Å². The van der Waals surface area contributed by atoms with E-state index in [0.717, 1.165) is 31.0 Å². The minimum Gasteiger partial charge on any atom is -0.454 e. The Bertz CT molecular complexity index is 1470.